The number of ether oxygens (including phenoxy) is 2. The second-order valence-corrected chi connectivity index (χ2v) is 7.53. The van der Waals surface area contributed by atoms with Crippen molar-refractivity contribution < 1.29 is 9.47 Å². The molecule has 1 aliphatic heterocycles. The van der Waals surface area contributed by atoms with Gasteiger partial charge in [0, 0.05) is 26.4 Å². The van der Waals surface area contributed by atoms with E-state index < -0.39 is 0 Å². The molecule has 26 heavy (non-hydrogen) atoms. The number of nitrogens with zero attached hydrogens (tertiary/aromatic N) is 2. The quantitative estimate of drug-likeness (QED) is 0.421. The van der Waals surface area contributed by atoms with Gasteiger partial charge in [0.25, 0.3) is 0 Å². The molecule has 0 saturated heterocycles. The molecule has 2 aromatic carbocycles. The van der Waals surface area contributed by atoms with Crippen LogP contribution in [0.15, 0.2) is 54.0 Å². The normalized spacial score (nSPS) is 12.7. The molecule has 0 atom stereocenters. The molecule has 128 valence electrons. The van der Waals surface area contributed by atoms with Crippen LogP contribution in [0, 0.1) is 14.9 Å². The van der Waals surface area contributed by atoms with Crippen LogP contribution in [0.4, 0.5) is 5.69 Å². The first-order valence-corrected chi connectivity index (χ1v) is 9.67. The van der Waals surface area contributed by atoms with Crippen molar-refractivity contribution >= 4 is 45.2 Å². The Bertz CT molecular complexity index is 1020. The average molecular weight is 473 g/mol. The van der Waals surface area contributed by atoms with Gasteiger partial charge in [0.2, 0.25) is 6.79 Å². The van der Waals surface area contributed by atoms with Crippen molar-refractivity contribution in [3.8, 4) is 28.8 Å². The Kier molecular flexibility index (Phi) is 4.77. The smallest absolute Gasteiger partial charge is 0.231 e. The first-order chi connectivity index (χ1) is 12.7. The van der Waals surface area contributed by atoms with Crippen LogP contribution in [-0.4, -0.2) is 11.8 Å². The number of fused-ring (bicyclic) bond motifs is 1. The molecule has 7 heteroatoms. The van der Waals surface area contributed by atoms with Crippen LogP contribution < -0.4 is 14.8 Å². The number of thiazole rings is 1. The van der Waals surface area contributed by atoms with Crippen molar-refractivity contribution in [2.24, 2.45) is 0 Å². The van der Waals surface area contributed by atoms with Gasteiger partial charge < -0.3 is 14.8 Å². The number of aromatic nitrogens is 1. The summed E-state index contributed by atoms with van der Waals surface area (Å²) in [5, 5.41) is 15.2. The lowest BCUT2D eigenvalue weighted by molar-refractivity contribution is 0.174. The van der Waals surface area contributed by atoms with E-state index >= 15 is 0 Å². The molecule has 0 fully saturated rings. The Labute approximate surface area is 168 Å². The third-order valence-corrected chi connectivity index (χ3v) is 5.35. The van der Waals surface area contributed by atoms with E-state index in [1.807, 2.05) is 47.8 Å². The SMILES string of the molecule is N#C/C(=C/Nc1ccc(I)cc1)c1nc(-c2ccc3c(c2)OCO3)cs1. The molecule has 0 bridgehead atoms. The van der Waals surface area contributed by atoms with E-state index in [0.717, 1.165) is 26.3 Å². The molecule has 4 rings (SSSR count). The summed E-state index contributed by atoms with van der Waals surface area (Å²) < 4.78 is 11.9. The predicted octanol–water partition coefficient (Wildman–Crippen LogP) is 5.12. The van der Waals surface area contributed by atoms with Gasteiger partial charge >= 0.3 is 0 Å². The van der Waals surface area contributed by atoms with Crippen LogP contribution in [0.2, 0.25) is 0 Å². The molecule has 2 heterocycles. The summed E-state index contributed by atoms with van der Waals surface area (Å²) in [7, 11) is 0. The Balaban J connectivity index is 1.56. The van der Waals surface area contributed by atoms with Crippen LogP contribution in [0.5, 0.6) is 11.5 Å². The molecule has 0 spiro atoms. The molecule has 1 N–H and O–H groups in total. The zero-order chi connectivity index (χ0) is 17.9. The van der Waals surface area contributed by atoms with Crippen LogP contribution in [0.25, 0.3) is 16.8 Å². The molecular weight excluding hydrogens is 461 g/mol. The first kappa shape index (κ1) is 16.9. The number of allylic oxidation sites excluding steroid dienone is 1. The molecule has 0 saturated carbocycles. The van der Waals surface area contributed by atoms with Crippen molar-refractivity contribution in [3.05, 3.63) is 62.6 Å². The Morgan fingerprint density at radius 3 is 2.81 bits per heavy atom. The van der Waals surface area contributed by atoms with Gasteiger partial charge in [-0.25, -0.2) is 4.98 Å². The summed E-state index contributed by atoms with van der Waals surface area (Å²) in [6, 6.07) is 15.9. The molecule has 0 amide bonds. The number of benzene rings is 2. The fourth-order valence-electron chi connectivity index (χ4n) is 2.43. The number of nitriles is 1. The molecule has 1 aromatic heterocycles. The number of hydrogen-bond acceptors (Lipinski definition) is 6. The number of anilines is 1. The second kappa shape index (κ2) is 7.35. The van der Waals surface area contributed by atoms with Gasteiger partial charge in [0.1, 0.15) is 16.6 Å². The molecule has 0 aliphatic carbocycles. The van der Waals surface area contributed by atoms with Crippen molar-refractivity contribution in [3.63, 3.8) is 0 Å². The fraction of sp³-hybridized carbons (Fsp3) is 0.0526. The van der Waals surface area contributed by atoms with Gasteiger partial charge in [-0.1, -0.05) is 0 Å². The second-order valence-electron chi connectivity index (χ2n) is 5.43. The largest absolute Gasteiger partial charge is 0.454 e. The van der Waals surface area contributed by atoms with Crippen LogP contribution in [0.1, 0.15) is 5.01 Å². The lowest BCUT2D eigenvalue weighted by Gasteiger charge is -2.01. The molecule has 0 radical (unpaired) electrons. The third-order valence-electron chi connectivity index (χ3n) is 3.75. The van der Waals surface area contributed by atoms with Crippen molar-refractivity contribution in [1.29, 1.82) is 5.26 Å². The van der Waals surface area contributed by atoms with E-state index in [1.54, 1.807) is 6.20 Å². The van der Waals surface area contributed by atoms with E-state index in [4.69, 9.17) is 9.47 Å². The standard InChI is InChI=1S/C19H12IN3O2S/c20-14-2-4-15(5-3-14)22-9-13(8-21)19-23-16(10-26-19)12-1-6-17-18(7-12)25-11-24-17/h1-7,9-10,22H,11H2/b13-9-. The van der Waals surface area contributed by atoms with E-state index in [2.05, 4.69) is 39.0 Å². The number of halogens is 1. The first-order valence-electron chi connectivity index (χ1n) is 7.71. The maximum absolute atomic E-state index is 9.48. The number of nitrogens with one attached hydrogen (secondary N) is 1. The van der Waals surface area contributed by atoms with Crippen LogP contribution >= 0.6 is 33.9 Å². The van der Waals surface area contributed by atoms with Crippen molar-refractivity contribution in [2.75, 3.05) is 12.1 Å². The molecule has 5 nitrogen and oxygen atoms in total. The summed E-state index contributed by atoms with van der Waals surface area (Å²) in [6.45, 7) is 0.243. The zero-order valence-electron chi connectivity index (χ0n) is 13.4. The molecule has 1 aliphatic rings. The number of hydrogen-bond donors (Lipinski definition) is 1. The molecule has 0 unspecified atom stereocenters. The average Bonchev–Trinajstić information content (AvgIpc) is 3.32. The van der Waals surface area contributed by atoms with E-state index in [9.17, 15) is 5.26 Å². The Morgan fingerprint density at radius 2 is 2.00 bits per heavy atom. The zero-order valence-corrected chi connectivity index (χ0v) is 16.4. The topological polar surface area (TPSA) is 67.2 Å². The van der Waals surface area contributed by atoms with Crippen LogP contribution in [0.3, 0.4) is 0 Å². The lowest BCUT2D eigenvalue weighted by atomic mass is 10.1. The van der Waals surface area contributed by atoms with Gasteiger partial charge in [0.05, 0.1) is 5.69 Å². The molecular formula is C19H12IN3O2S. The van der Waals surface area contributed by atoms with Gasteiger partial charge in [-0.3, -0.25) is 0 Å². The highest BCUT2D eigenvalue weighted by Crippen LogP contribution is 2.36. The van der Waals surface area contributed by atoms with Gasteiger partial charge in [-0.05, 0) is 65.1 Å². The van der Waals surface area contributed by atoms with E-state index in [0.29, 0.717) is 16.3 Å². The maximum Gasteiger partial charge on any atom is 0.231 e. The summed E-state index contributed by atoms with van der Waals surface area (Å²) in [5.74, 6) is 1.46. The Hall–Kier alpha value is -2.57. The van der Waals surface area contributed by atoms with Gasteiger partial charge in [-0.15, -0.1) is 11.3 Å². The maximum atomic E-state index is 9.48. The highest BCUT2D eigenvalue weighted by molar-refractivity contribution is 14.1. The molecule has 3 aromatic rings. The highest BCUT2D eigenvalue weighted by Gasteiger charge is 2.15. The summed E-state index contributed by atoms with van der Waals surface area (Å²) in [6.07, 6.45) is 1.68. The monoisotopic (exact) mass is 473 g/mol. The minimum absolute atomic E-state index is 0.243. The van der Waals surface area contributed by atoms with E-state index in [-0.39, 0.29) is 6.79 Å². The number of rotatable bonds is 4. The van der Waals surface area contributed by atoms with Crippen molar-refractivity contribution in [2.45, 2.75) is 0 Å². The minimum atomic E-state index is 0.243. The fourth-order valence-corrected chi connectivity index (χ4v) is 3.58. The van der Waals surface area contributed by atoms with E-state index in [1.165, 1.54) is 11.3 Å². The third kappa shape index (κ3) is 3.52. The lowest BCUT2D eigenvalue weighted by Crippen LogP contribution is -1.92. The summed E-state index contributed by atoms with van der Waals surface area (Å²) in [4.78, 5) is 4.59. The predicted molar refractivity (Wildman–Crippen MR) is 110 cm³/mol. The van der Waals surface area contributed by atoms with Gasteiger partial charge in [-0.2, -0.15) is 5.26 Å². The van der Waals surface area contributed by atoms with Crippen molar-refractivity contribution in [1.82, 2.24) is 4.98 Å². The summed E-state index contributed by atoms with van der Waals surface area (Å²) >= 11 is 3.69. The van der Waals surface area contributed by atoms with Crippen LogP contribution in [-0.2, 0) is 0 Å². The Morgan fingerprint density at radius 1 is 1.19 bits per heavy atom. The van der Waals surface area contributed by atoms with Gasteiger partial charge in [0.15, 0.2) is 11.5 Å². The minimum Gasteiger partial charge on any atom is -0.454 e. The summed E-state index contributed by atoms with van der Waals surface area (Å²) in [5.41, 5.74) is 3.14. The highest BCUT2D eigenvalue weighted by atomic mass is 127.